The molecule has 0 amide bonds. The van der Waals surface area contributed by atoms with Gasteiger partial charge in [0, 0.05) is 49.2 Å². The Morgan fingerprint density at radius 1 is 1.33 bits per heavy atom. The summed E-state index contributed by atoms with van der Waals surface area (Å²) >= 11 is 6.56. The Labute approximate surface area is 177 Å². The van der Waals surface area contributed by atoms with Crippen molar-refractivity contribution in [2.75, 3.05) is 25.0 Å². The van der Waals surface area contributed by atoms with Crippen molar-refractivity contribution >= 4 is 39.2 Å². The van der Waals surface area contributed by atoms with Gasteiger partial charge in [-0.3, -0.25) is 4.68 Å². The second-order valence-corrected chi connectivity index (χ2v) is 8.05. The molecule has 5 rings (SSSR count). The number of pyridine rings is 2. The Morgan fingerprint density at radius 2 is 2.17 bits per heavy atom. The molecule has 3 aromatic heterocycles. The van der Waals surface area contributed by atoms with E-state index < -0.39 is 11.6 Å². The molecule has 2 N–H and O–H groups in total. The highest BCUT2D eigenvalue weighted by molar-refractivity contribution is 6.35. The number of hydrogen-bond acceptors (Lipinski definition) is 6. The molecule has 1 aromatic carbocycles. The molecule has 0 saturated carbocycles. The molecule has 1 aliphatic rings. The molecule has 0 aliphatic carbocycles. The van der Waals surface area contributed by atoms with Crippen LogP contribution in [-0.2, 0) is 7.05 Å². The Morgan fingerprint density at radius 3 is 2.93 bits per heavy atom. The standard InChI is InChI=1S/C21H20ClFN6O/c1-28-10-11-5-15(20(30)18(23)19(11)27-28)17-7-16(22)14-6-13(9-25-21(14)26-17)29(2)12-3-4-24-8-12/h5-7,9-10,12,24,30H,3-4,8H2,1-2H3/t12-/m0/s1. The fraction of sp³-hybridized carbons (Fsp3) is 0.286. The van der Waals surface area contributed by atoms with Gasteiger partial charge in [-0.05, 0) is 31.2 Å². The number of rotatable bonds is 3. The predicted molar refractivity (Wildman–Crippen MR) is 116 cm³/mol. The van der Waals surface area contributed by atoms with Gasteiger partial charge in [-0.25, -0.2) is 14.4 Å². The average molecular weight is 427 g/mol. The normalized spacial score (nSPS) is 16.6. The number of benzene rings is 1. The van der Waals surface area contributed by atoms with Crippen LogP contribution < -0.4 is 10.2 Å². The average Bonchev–Trinajstić information content (AvgIpc) is 3.39. The summed E-state index contributed by atoms with van der Waals surface area (Å²) in [7, 11) is 3.74. The van der Waals surface area contributed by atoms with E-state index in [0.717, 1.165) is 25.2 Å². The number of halogens is 2. The number of likely N-dealkylation sites (N-methyl/N-ethyl adjacent to an activating group) is 1. The van der Waals surface area contributed by atoms with Crippen LogP contribution in [0.5, 0.6) is 5.75 Å². The van der Waals surface area contributed by atoms with Crippen molar-refractivity contribution in [3.8, 4) is 17.0 Å². The summed E-state index contributed by atoms with van der Waals surface area (Å²) in [6.45, 7) is 1.93. The minimum atomic E-state index is -0.781. The molecule has 154 valence electrons. The summed E-state index contributed by atoms with van der Waals surface area (Å²) in [4.78, 5) is 11.2. The third-order valence-corrected chi connectivity index (χ3v) is 6.01. The van der Waals surface area contributed by atoms with E-state index in [0.29, 0.717) is 33.2 Å². The predicted octanol–water partition coefficient (Wildman–Crippen LogP) is 3.48. The number of aromatic nitrogens is 4. The van der Waals surface area contributed by atoms with E-state index in [4.69, 9.17) is 11.6 Å². The SMILES string of the molecule is CN(c1cnc2nc(-c3cc4cn(C)nc4c(F)c3O)cc(Cl)c2c1)[C@H]1CCNC1. The lowest BCUT2D eigenvalue weighted by Gasteiger charge is -2.25. The van der Waals surface area contributed by atoms with Gasteiger partial charge in [-0.1, -0.05) is 11.6 Å². The van der Waals surface area contributed by atoms with Crippen molar-refractivity contribution in [3.63, 3.8) is 0 Å². The summed E-state index contributed by atoms with van der Waals surface area (Å²) in [5.74, 6) is -1.29. The molecule has 1 aliphatic heterocycles. The Hall–Kier alpha value is -2.97. The van der Waals surface area contributed by atoms with Crippen molar-refractivity contribution in [3.05, 3.63) is 41.4 Å². The summed E-state index contributed by atoms with van der Waals surface area (Å²) in [5.41, 5.74) is 2.10. The van der Waals surface area contributed by atoms with Crippen molar-refractivity contribution < 1.29 is 9.50 Å². The van der Waals surface area contributed by atoms with E-state index in [-0.39, 0.29) is 11.1 Å². The van der Waals surface area contributed by atoms with Gasteiger partial charge in [0.1, 0.15) is 5.52 Å². The van der Waals surface area contributed by atoms with Gasteiger partial charge in [-0.2, -0.15) is 5.10 Å². The van der Waals surface area contributed by atoms with Crippen molar-refractivity contribution in [2.45, 2.75) is 12.5 Å². The highest BCUT2D eigenvalue weighted by Crippen LogP contribution is 2.38. The molecule has 0 unspecified atom stereocenters. The maximum atomic E-state index is 14.6. The third kappa shape index (κ3) is 3.03. The van der Waals surface area contributed by atoms with Gasteiger partial charge in [-0.15, -0.1) is 0 Å². The molecule has 9 heteroatoms. The molecule has 30 heavy (non-hydrogen) atoms. The molecule has 0 spiro atoms. The molecule has 1 fully saturated rings. The third-order valence-electron chi connectivity index (χ3n) is 5.69. The number of nitrogens with one attached hydrogen (secondary N) is 1. The van der Waals surface area contributed by atoms with Crippen molar-refractivity contribution in [1.82, 2.24) is 25.1 Å². The van der Waals surface area contributed by atoms with Gasteiger partial charge in [0.05, 0.1) is 22.6 Å². The van der Waals surface area contributed by atoms with Crippen LogP contribution in [0.3, 0.4) is 0 Å². The topological polar surface area (TPSA) is 79.1 Å². The summed E-state index contributed by atoms with van der Waals surface area (Å²) in [6, 6.07) is 5.65. The van der Waals surface area contributed by atoms with E-state index in [1.54, 1.807) is 31.6 Å². The van der Waals surface area contributed by atoms with E-state index in [1.807, 2.05) is 13.1 Å². The lowest BCUT2D eigenvalue weighted by molar-refractivity contribution is 0.437. The number of nitrogens with zero attached hydrogens (tertiary/aromatic N) is 5. The second kappa shape index (κ2) is 7.07. The fourth-order valence-electron chi connectivity index (χ4n) is 4.00. The van der Waals surface area contributed by atoms with Crippen molar-refractivity contribution in [1.29, 1.82) is 0 Å². The number of hydrogen-bond donors (Lipinski definition) is 2. The zero-order valence-electron chi connectivity index (χ0n) is 16.5. The van der Waals surface area contributed by atoms with Crippen LogP contribution in [-0.4, -0.2) is 51.0 Å². The summed E-state index contributed by atoms with van der Waals surface area (Å²) in [5, 5.41) is 19.5. The maximum Gasteiger partial charge on any atom is 0.193 e. The Kier molecular flexibility index (Phi) is 4.48. The van der Waals surface area contributed by atoms with Crippen LogP contribution in [0.15, 0.2) is 30.6 Å². The number of phenols is 1. The lowest BCUT2D eigenvalue weighted by Crippen LogP contribution is -2.33. The molecule has 1 atom stereocenters. The number of anilines is 1. The first kappa shape index (κ1) is 19.0. The molecule has 7 nitrogen and oxygen atoms in total. The van der Waals surface area contributed by atoms with Crippen molar-refractivity contribution in [2.24, 2.45) is 7.05 Å². The maximum absolute atomic E-state index is 14.6. The van der Waals surface area contributed by atoms with Gasteiger partial charge >= 0.3 is 0 Å². The Balaban J connectivity index is 1.61. The number of fused-ring (bicyclic) bond motifs is 2. The molecule has 4 heterocycles. The summed E-state index contributed by atoms with van der Waals surface area (Å²) in [6.07, 6.45) is 4.52. The van der Waals surface area contributed by atoms with Crippen LogP contribution in [0.25, 0.3) is 33.2 Å². The van der Waals surface area contributed by atoms with Gasteiger partial charge in [0.15, 0.2) is 17.2 Å². The van der Waals surface area contributed by atoms with E-state index >= 15 is 0 Å². The zero-order valence-corrected chi connectivity index (χ0v) is 17.3. The van der Waals surface area contributed by atoms with Crippen LogP contribution in [0.1, 0.15) is 6.42 Å². The molecule has 0 bridgehead atoms. The fourth-order valence-corrected chi connectivity index (χ4v) is 4.24. The van der Waals surface area contributed by atoms with Crippen LogP contribution >= 0.6 is 11.6 Å². The highest BCUT2D eigenvalue weighted by atomic mass is 35.5. The van der Waals surface area contributed by atoms with Gasteiger partial charge in [0.25, 0.3) is 0 Å². The number of aromatic hydroxyl groups is 1. The number of aryl methyl sites for hydroxylation is 1. The smallest absolute Gasteiger partial charge is 0.193 e. The van der Waals surface area contributed by atoms with Gasteiger partial charge in [0.2, 0.25) is 0 Å². The molecular weight excluding hydrogens is 407 g/mol. The second-order valence-electron chi connectivity index (χ2n) is 7.64. The Bertz CT molecular complexity index is 1280. The van der Waals surface area contributed by atoms with Crippen LogP contribution in [0, 0.1) is 5.82 Å². The molecular formula is C21H20ClFN6O. The van der Waals surface area contributed by atoms with Gasteiger partial charge < -0.3 is 15.3 Å². The molecule has 1 saturated heterocycles. The minimum Gasteiger partial charge on any atom is -0.504 e. The first-order chi connectivity index (χ1) is 14.4. The van der Waals surface area contributed by atoms with E-state index in [2.05, 4.69) is 25.3 Å². The van der Waals surface area contributed by atoms with Crippen LogP contribution in [0.2, 0.25) is 5.02 Å². The quantitative estimate of drug-likeness (QED) is 0.522. The highest BCUT2D eigenvalue weighted by Gasteiger charge is 2.22. The number of phenolic OH excluding ortho intramolecular Hbond substituents is 1. The monoisotopic (exact) mass is 426 g/mol. The first-order valence-electron chi connectivity index (χ1n) is 9.67. The van der Waals surface area contributed by atoms with Crippen LogP contribution in [0.4, 0.5) is 10.1 Å². The van der Waals surface area contributed by atoms with E-state index in [9.17, 15) is 9.50 Å². The first-order valence-corrected chi connectivity index (χ1v) is 10.0. The zero-order chi connectivity index (χ0) is 21.0. The largest absolute Gasteiger partial charge is 0.504 e. The van der Waals surface area contributed by atoms with E-state index in [1.165, 1.54) is 4.68 Å². The lowest BCUT2D eigenvalue weighted by atomic mass is 10.1. The summed E-state index contributed by atoms with van der Waals surface area (Å²) < 4.78 is 16.1. The minimum absolute atomic E-state index is 0.109. The molecule has 0 radical (unpaired) electrons. The molecule has 4 aromatic rings.